The van der Waals surface area contributed by atoms with E-state index in [-0.39, 0.29) is 0 Å². The molecule has 0 spiro atoms. The van der Waals surface area contributed by atoms with Crippen molar-refractivity contribution >= 4 is 0 Å². The molecule has 2 saturated carbocycles. The molecule has 0 aliphatic heterocycles. The molecule has 0 unspecified atom stereocenters. The minimum absolute atomic E-state index is 0.570. The van der Waals surface area contributed by atoms with Gasteiger partial charge in [-0.2, -0.15) is 0 Å². The topological polar surface area (TPSA) is 15.3 Å². The number of rotatable bonds is 8. The highest BCUT2D eigenvalue weighted by Gasteiger charge is 2.38. The van der Waals surface area contributed by atoms with Crippen LogP contribution in [0.25, 0.3) is 0 Å². The third-order valence-electron chi connectivity index (χ3n) is 4.91. The van der Waals surface area contributed by atoms with Gasteiger partial charge in [0.25, 0.3) is 0 Å². The van der Waals surface area contributed by atoms with E-state index in [9.17, 15) is 0 Å². The monoisotopic (exact) mass is 266 g/mol. The molecule has 19 heavy (non-hydrogen) atoms. The summed E-state index contributed by atoms with van der Waals surface area (Å²) in [5.41, 5.74) is 0.570. The average molecular weight is 266 g/mol. The maximum Gasteiger partial charge on any atom is 0.00966 e. The summed E-state index contributed by atoms with van der Waals surface area (Å²) in [5, 5.41) is 3.74. The lowest BCUT2D eigenvalue weighted by molar-refractivity contribution is 0.0950. The van der Waals surface area contributed by atoms with Gasteiger partial charge >= 0.3 is 0 Å². The molecule has 0 aromatic rings. The fourth-order valence-electron chi connectivity index (χ4n) is 3.66. The minimum Gasteiger partial charge on any atom is -0.314 e. The molecule has 0 heterocycles. The molecule has 0 aromatic carbocycles. The number of nitrogens with one attached hydrogen (secondary N) is 1. The van der Waals surface area contributed by atoms with Gasteiger partial charge in [-0.15, -0.1) is 0 Å². The van der Waals surface area contributed by atoms with E-state index in [1.165, 1.54) is 71.0 Å². The summed E-state index contributed by atoms with van der Waals surface area (Å²) in [4.78, 5) is 2.81. The van der Waals surface area contributed by atoms with E-state index in [1.807, 2.05) is 0 Å². The van der Waals surface area contributed by atoms with Gasteiger partial charge in [-0.25, -0.2) is 0 Å². The van der Waals surface area contributed by atoms with Crippen LogP contribution in [0.4, 0.5) is 0 Å². The first-order chi connectivity index (χ1) is 9.15. The van der Waals surface area contributed by atoms with Gasteiger partial charge in [0.15, 0.2) is 0 Å². The molecule has 2 fully saturated rings. The summed E-state index contributed by atoms with van der Waals surface area (Å²) < 4.78 is 0. The fraction of sp³-hybridized carbons (Fsp3) is 1.00. The standard InChI is InChI=1S/C17H34N2/c1-4-12-19(16-8-9-16)14-17(13-18-15(2)3)10-6-5-7-11-17/h15-16,18H,4-14H2,1-3H3. The van der Waals surface area contributed by atoms with Crippen molar-refractivity contribution < 1.29 is 0 Å². The lowest BCUT2D eigenvalue weighted by atomic mass is 9.73. The molecule has 0 bridgehead atoms. The predicted octanol–water partition coefficient (Wildman–Crippen LogP) is 3.81. The quantitative estimate of drug-likeness (QED) is 0.718. The van der Waals surface area contributed by atoms with Crippen molar-refractivity contribution in [3.63, 3.8) is 0 Å². The van der Waals surface area contributed by atoms with Gasteiger partial charge in [0.05, 0.1) is 0 Å². The summed E-state index contributed by atoms with van der Waals surface area (Å²) in [5.74, 6) is 0. The number of nitrogens with zero attached hydrogens (tertiary/aromatic N) is 1. The second-order valence-electron chi connectivity index (χ2n) is 7.30. The smallest absolute Gasteiger partial charge is 0.00966 e. The molecule has 112 valence electrons. The lowest BCUT2D eigenvalue weighted by Gasteiger charge is -2.42. The maximum absolute atomic E-state index is 3.74. The van der Waals surface area contributed by atoms with Crippen molar-refractivity contribution in [2.24, 2.45) is 5.41 Å². The first-order valence-corrected chi connectivity index (χ1v) is 8.63. The number of hydrogen-bond donors (Lipinski definition) is 1. The molecule has 2 rings (SSSR count). The van der Waals surface area contributed by atoms with Crippen LogP contribution < -0.4 is 5.32 Å². The Labute approximate surface area is 120 Å². The second kappa shape index (κ2) is 7.08. The molecule has 2 aliphatic rings. The maximum atomic E-state index is 3.74. The van der Waals surface area contributed by atoms with E-state index in [4.69, 9.17) is 0 Å². The summed E-state index contributed by atoms with van der Waals surface area (Å²) in [6, 6.07) is 1.55. The molecular weight excluding hydrogens is 232 g/mol. The summed E-state index contributed by atoms with van der Waals surface area (Å²) in [7, 11) is 0. The summed E-state index contributed by atoms with van der Waals surface area (Å²) in [6.07, 6.45) is 11.5. The van der Waals surface area contributed by atoms with Crippen molar-refractivity contribution in [2.45, 2.75) is 84.2 Å². The van der Waals surface area contributed by atoms with Crippen LogP contribution >= 0.6 is 0 Å². The molecule has 0 amide bonds. The zero-order valence-electron chi connectivity index (χ0n) is 13.4. The normalized spacial score (nSPS) is 23.2. The van der Waals surface area contributed by atoms with E-state index < -0.39 is 0 Å². The van der Waals surface area contributed by atoms with Crippen LogP contribution in [0.3, 0.4) is 0 Å². The Balaban J connectivity index is 1.94. The third-order valence-corrected chi connectivity index (χ3v) is 4.91. The van der Waals surface area contributed by atoms with Crippen LogP contribution in [-0.4, -0.2) is 36.6 Å². The molecule has 1 N–H and O–H groups in total. The van der Waals surface area contributed by atoms with E-state index in [2.05, 4.69) is 31.0 Å². The van der Waals surface area contributed by atoms with Crippen molar-refractivity contribution in [3.05, 3.63) is 0 Å². The van der Waals surface area contributed by atoms with Gasteiger partial charge in [-0.1, -0.05) is 40.0 Å². The Morgan fingerprint density at radius 1 is 1.16 bits per heavy atom. The first-order valence-electron chi connectivity index (χ1n) is 8.63. The molecular formula is C17H34N2. The molecule has 0 atom stereocenters. The Bertz CT molecular complexity index is 252. The molecule has 2 heteroatoms. The highest BCUT2D eigenvalue weighted by atomic mass is 15.2. The fourth-order valence-corrected chi connectivity index (χ4v) is 3.66. The minimum atomic E-state index is 0.570. The predicted molar refractivity (Wildman–Crippen MR) is 83.5 cm³/mol. The number of hydrogen-bond acceptors (Lipinski definition) is 2. The van der Waals surface area contributed by atoms with Gasteiger partial charge in [-0.05, 0) is 44.1 Å². The molecule has 2 aliphatic carbocycles. The van der Waals surface area contributed by atoms with E-state index in [1.54, 1.807) is 0 Å². The zero-order valence-corrected chi connectivity index (χ0v) is 13.4. The highest BCUT2D eigenvalue weighted by molar-refractivity contribution is 4.93. The largest absolute Gasteiger partial charge is 0.314 e. The molecule has 0 saturated heterocycles. The van der Waals surface area contributed by atoms with Gasteiger partial charge in [0.1, 0.15) is 0 Å². The van der Waals surface area contributed by atoms with Gasteiger partial charge in [0.2, 0.25) is 0 Å². The van der Waals surface area contributed by atoms with Gasteiger partial charge in [0, 0.05) is 25.2 Å². The van der Waals surface area contributed by atoms with Crippen molar-refractivity contribution in [2.75, 3.05) is 19.6 Å². The SMILES string of the molecule is CCCN(CC1(CNC(C)C)CCCCC1)C1CC1. The zero-order chi connectivity index (χ0) is 13.7. The Morgan fingerprint density at radius 2 is 1.84 bits per heavy atom. The summed E-state index contributed by atoms with van der Waals surface area (Å²) in [6.45, 7) is 10.8. The lowest BCUT2D eigenvalue weighted by Crippen LogP contribution is -2.47. The first kappa shape index (κ1) is 15.3. The van der Waals surface area contributed by atoms with Gasteiger partial charge < -0.3 is 5.32 Å². The van der Waals surface area contributed by atoms with Crippen LogP contribution in [0.2, 0.25) is 0 Å². The average Bonchev–Trinajstić information content (AvgIpc) is 3.22. The van der Waals surface area contributed by atoms with Crippen molar-refractivity contribution in [3.8, 4) is 0 Å². The van der Waals surface area contributed by atoms with Crippen molar-refractivity contribution in [1.29, 1.82) is 0 Å². The van der Waals surface area contributed by atoms with Crippen LogP contribution in [-0.2, 0) is 0 Å². The second-order valence-corrected chi connectivity index (χ2v) is 7.30. The summed E-state index contributed by atoms with van der Waals surface area (Å²) >= 11 is 0. The van der Waals surface area contributed by atoms with Crippen LogP contribution in [0.15, 0.2) is 0 Å². The van der Waals surface area contributed by atoms with E-state index in [0.29, 0.717) is 11.5 Å². The van der Waals surface area contributed by atoms with Crippen LogP contribution in [0.1, 0.15) is 72.1 Å². The molecule has 0 radical (unpaired) electrons. The highest BCUT2D eigenvalue weighted by Crippen LogP contribution is 2.39. The Hall–Kier alpha value is -0.0800. The van der Waals surface area contributed by atoms with Crippen LogP contribution in [0.5, 0.6) is 0 Å². The third kappa shape index (κ3) is 4.75. The molecule has 0 aromatic heterocycles. The van der Waals surface area contributed by atoms with E-state index in [0.717, 1.165) is 6.04 Å². The van der Waals surface area contributed by atoms with E-state index >= 15 is 0 Å². The Kier molecular flexibility index (Phi) is 5.70. The van der Waals surface area contributed by atoms with Gasteiger partial charge in [-0.3, -0.25) is 4.90 Å². The molecule has 2 nitrogen and oxygen atoms in total. The van der Waals surface area contributed by atoms with Crippen molar-refractivity contribution in [1.82, 2.24) is 10.2 Å². The van der Waals surface area contributed by atoms with Crippen LogP contribution in [0, 0.1) is 5.41 Å². The Morgan fingerprint density at radius 3 is 2.37 bits per heavy atom.